The molecule has 0 aromatic heterocycles. The first-order valence-corrected chi connectivity index (χ1v) is 7.61. The highest BCUT2D eigenvalue weighted by atomic mass is 32.2. The zero-order valence-corrected chi connectivity index (χ0v) is 11.4. The van der Waals surface area contributed by atoms with Gasteiger partial charge >= 0.3 is 0 Å². The molecule has 0 saturated carbocycles. The van der Waals surface area contributed by atoms with Gasteiger partial charge < -0.3 is 10.5 Å². The summed E-state index contributed by atoms with van der Waals surface area (Å²) in [5.41, 5.74) is 7.19. The Labute approximate surface area is 112 Å². The van der Waals surface area contributed by atoms with E-state index in [0.29, 0.717) is 22.9 Å². The average molecular weight is 277 g/mol. The molecule has 0 heterocycles. The Hall–Kier alpha value is -2.01. The second-order valence-electron chi connectivity index (χ2n) is 4.28. The van der Waals surface area contributed by atoms with Gasteiger partial charge in [0.25, 0.3) is 0 Å². The Morgan fingerprint density at radius 2 is 1.79 bits per heavy atom. The summed E-state index contributed by atoms with van der Waals surface area (Å²) in [5, 5.41) is 0. The number of hydrogen-bond acceptors (Lipinski definition) is 4. The molecule has 4 nitrogen and oxygen atoms in total. The van der Waals surface area contributed by atoms with Crippen LogP contribution in [-0.4, -0.2) is 14.7 Å². The van der Waals surface area contributed by atoms with Gasteiger partial charge in [0.2, 0.25) is 0 Å². The monoisotopic (exact) mass is 277 g/mol. The van der Waals surface area contributed by atoms with Crippen LogP contribution in [0.2, 0.25) is 0 Å². The van der Waals surface area contributed by atoms with Crippen LogP contribution in [0.5, 0.6) is 5.75 Å². The lowest BCUT2D eigenvalue weighted by Gasteiger charge is -2.07. The van der Waals surface area contributed by atoms with Crippen LogP contribution in [0.4, 0.5) is 5.69 Å². The van der Waals surface area contributed by atoms with Crippen LogP contribution in [-0.2, 0) is 16.4 Å². The van der Waals surface area contributed by atoms with Crippen molar-refractivity contribution in [3.8, 4) is 5.75 Å². The van der Waals surface area contributed by atoms with E-state index >= 15 is 0 Å². The largest absolute Gasteiger partial charge is 0.489 e. The first-order valence-electron chi connectivity index (χ1n) is 5.72. The first-order chi connectivity index (χ1) is 8.95. The van der Waals surface area contributed by atoms with Gasteiger partial charge in [-0.3, -0.25) is 0 Å². The van der Waals surface area contributed by atoms with Crippen LogP contribution >= 0.6 is 0 Å². The minimum absolute atomic E-state index is 0.306. The minimum Gasteiger partial charge on any atom is -0.489 e. The summed E-state index contributed by atoms with van der Waals surface area (Å²) in [7, 11) is -3.15. The maximum atomic E-state index is 11.3. The standard InChI is InChI=1S/C14H15NO3S/c1-19(16,17)14-7-5-11(6-8-14)10-18-13-4-2-3-12(15)9-13/h2-9H,10,15H2,1H3. The summed E-state index contributed by atoms with van der Waals surface area (Å²) in [6.07, 6.45) is 1.19. The molecular weight excluding hydrogens is 262 g/mol. The van der Waals surface area contributed by atoms with E-state index in [2.05, 4.69) is 0 Å². The number of rotatable bonds is 4. The van der Waals surface area contributed by atoms with Crippen LogP contribution in [0.3, 0.4) is 0 Å². The SMILES string of the molecule is CS(=O)(=O)c1ccc(COc2cccc(N)c2)cc1. The lowest BCUT2D eigenvalue weighted by atomic mass is 10.2. The van der Waals surface area contributed by atoms with Crippen LogP contribution in [0.25, 0.3) is 0 Å². The van der Waals surface area contributed by atoms with E-state index in [0.717, 1.165) is 5.56 Å². The second-order valence-corrected chi connectivity index (χ2v) is 6.29. The number of anilines is 1. The highest BCUT2D eigenvalue weighted by molar-refractivity contribution is 7.90. The maximum absolute atomic E-state index is 11.3. The Balaban J connectivity index is 2.05. The third kappa shape index (κ3) is 3.72. The first kappa shape index (κ1) is 13.4. The van der Waals surface area contributed by atoms with Gasteiger partial charge in [0.1, 0.15) is 12.4 Å². The van der Waals surface area contributed by atoms with Crippen LogP contribution in [0, 0.1) is 0 Å². The van der Waals surface area contributed by atoms with Crippen molar-refractivity contribution in [2.24, 2.45) is 0 Å². The number of sulfone groups is 1. The third-order valence-electron chi connectivity index (χ3n) is 2.62. The van der Waals surface area contributed by atoms with Crippen molar-refractivity contribution in [2.45, 2.75) is 11.5 Å². The van der Waals surface area contributed by atoms with Crippen molar-refractivity contribution in [3.63, 3.8) is 0 Å². The molecule has 0 atom stereocenters. The fraction of sp³-hybridized carbons (Fsp3) is 0.143. The highest BCUT2D eigenvalue weighted by Gasteiger charge is 2.06. The van der Waals surface area contributed by atoms with E-state index in [-0.39, 0.29) is 0 Å². The zero-order valence-electron chi connectivity index (χ0n) is 10.5. The van der Waals surface area contributed by atoms with E-state index in [1.54, 1.807) is 36.4 Å². The summed E-state index contributed by atoms with van der Waals surface area (Å²) < 4.78 is 28.2. The average Bonchev–Trinajstić information content (AvgIpc) is 2.36. The quantitative estimate of drug-likeness (QED) is 0.870. The number of ether oxygens (including phenoxy) is 1. The molecule has 0 unspecified atom stereocenters. The molecule has 0 spiro atoms. The molecule has 2 aromatic carbocycles. The summed E-state index contributed by atoms with van der Waals surface area (Å²) >= 11 is 0. The summed E-state index contributed by atoms with van der Waals surface area (Å²) in [6.45, 7) is 0.369. The summed E-state index contributed by atoms with van der Waals surface area (Å²) in [4.78, 5) is 0.306. The van der Waals surface area contributed by atoms with Crippen molar-refractivity contribution in [1.82, 2.24) is 0 Å². The number of nitrogen functional groups attached to an aromatic ring is 1. The molecule has 0 aliphatic rings. The molecule has 19 heavy (non-hydrogen) atoms. The van der Waals surface area contributed by atoms with Gasteiger partial charge in [0.05, 0.1) is 4.90 Å². The number of benzene rings is 2. The molecule has 5 heteroatoms. The Bertz CT molecular complexity index is 663. The van der Waals surface area contributed by atoms with E-state index in [1.807, 2.05) is 12.1 Å². The maximum Gasteiger partial charge on any atom is 0.175 e. The molecule has 0 aliphatic carbocycles. The van der Waals surface area contributed by atoms with Crippen LogP contribution in [0.15, 0.2) is 53.4 Å². The van der Waals surface area contributed by atoms with E-state index < -0.39 is 9.84 Å². The molecule has 2 N–H and O–H groups in total. The van der Waals surface area contributed by atoms with Crippen molar-refractivity contribution in [2.75, 3.05) is 12.0 Å². The predicted molar refractivity (Wildman–Crippen MR) is 74.7 cm³/mol. The normalized spacial score (nSPS) is 11.2. The van der Waals surface area contributed by atoms with Crippen molar-refractivity contribution < 1.29 is 13.2 Å². The van der Waals surface area contributed by atoms with Gasteiger partial charge in [-0.25, -0.2) is 8.42 Å². The Morgan fingerprint density at radius 1 is 1.11 bits per heavy atom. The highest BCUT2D eigenvalue weighted by Crippen LogP contribution is 2.17. The van der Waals surface area contributed by atoms with Crippen LogP contribution < -0.4 is 10.5 Å². The molecule has 100 valence electrons. The molecule has 0 amide bonds. The zero-order chi connectivity index (χ0) is 13.9. The molecular formula is C14H15NO3S. The molecule has 0 saturated heterocycles. The lowest BCUT2D eigenvalue weighted by Crippen LogP contribution is -1.99. The van der Waals surface area contributed by atoms with Crippen molar-refractivity contribution in [3.05, 3.63) is 54.1 Å². The van der Waals surface area contributed by atoms with E-state index in [9.17, 15) is 8.42 Å². The third-order valence-corrected chi connectivity index (χ3v) is 3.74. The van der Waals surface area contributed by atoms with Gasteiger partial charge in [0, 0.05) is 18.0 Å². The van der Waals surface area contributed by atoms with Gasteiger partial charge in [-0.05, 0) is 29.8 Å². The smallest absolute Gasteiger partial charge is 0.175 e. The Kier molecular flexibility index (Phi) is 3.76. The molecule has 2 aromatic rings. The minimum atomic E-state index is -3.15. The second kappa shape index (κ2) is 5.32. The van der Waals surface area contributed by atoms with Gasteiger partial charge in [-0.2, -0.15) is 0 Å². The number of nitrogens with two attached hydrogens (primary N) is 1. The lowest BCUT2D eigenvalue weighted by molar-refractivity contribution is 0.306. The van der Waals surface area contributed by atoms with E-state index in [4.69, 9.17) is 10.5 Å². The molecule has 0 bridgehead atoms. The van der Waals surface area contributed by atoms with Crippen LogP contribution in [0.1, 0.15) is 5.56 Å². The van der Waals surface area contributed by atoms with Crippen molar-refractivity contribution >= 4 is 15.5 Å². The van der Waals surface area contributed by atoms with Gasteiger partial charge in [0.15, 0.2) is 9.84 Å². The molecule has 0 fully saturated rings. The van der Waals surface area contributed by atoms with Gasteiger partial charge in [-0.1, -0.05) is 18.2 Å². The molecule has 2 rings (SSSR count). The molecule has 0 aliphatic heterocycles. The predicted octanol–water partition coefficient (Wildman–Crippen LogP) is 2.25. The number of hydrogen-bond donors (Lipinski definition) is 1. The Morgan fingerprint density at radius 3 is 2.37 bits per heavy atom. The summed E-state index contributed by atoms with van der Waals surface area (Å²) in [5.74, 6) is 0.687. The van der Waals surface area contributed by atoms with Crippen molar-refractivity contribution in [1.29, 1.82) is 0 Å². The van der Waals surface area contributed by atoms with E-state index in [1.165, 1.54) is 6.26 Å². The fourth-order valence-electron chi connectivity index (χ4n) is 1.60. The van der Waals surface area contributed by atoms with Gasteiger partial charge in [-0.15, -0.1) is 0 Å². The fourth-order valence-corrected chi connectivity index (χ4v) is 2.23. The topological polar surface area (TPSA) is 69.4 Å². The molecule has 0 radical (unpaired) electrons. The summed E-state index contributed by atoms with van der Waals surface area (Å²) in [6, 6.07) is 13.8.